The molecule has 112 valence electrons. The first kappa shape index (κ1) is 15.2. The van der Waals surface area contributed by atoms with Crippen molar-refractivity contribution < 1.29 is 4.74 Å². The second kappa shape index (κ2) is 7.58. The molecule has 1 atom stereocenters. The van der Waals surface area contributed by atoms with Gasteiger partial charge in [-0.25, -0.2) is 9.97 Å². The molecule has 0 spiro atoms. The van der Waals surface area contributed by atoms with Crippen LogP contribution in [-0.4, -0.2) is 29.7 Å². The summed E-state index contributed by atoms with van der Waals surface area (Å²) in [5.41, 5.74) is 1.07. The number of methoxy groups -OCH3 is 1. The Morgan fingerprint density at radius 3 is 2.70 bits per heavy atom. The summed E-state index contributed by atoms with van der Waals surface area (Å²) < 4.78 is 5.18. The van der Waals surface area contributed by atoms with Gasteiger partial charge in [-0.3, -0.25) is 0 Å². The molecule has 4 heteroatoms. The van der Waals surface area contributed by atoms with Crippen LogP contribution in [0.4, 0.5) is 0 Å². The normalized spacial score (nSPS) is 24.4. The van der Waals surface area contributed by atoms with Crippen LogP contribution in [0.2, 0.25) is 0 Å². The summed E-state index contributed by atoms with van der Waals surface area (Å²) in [6.07, 6.45) is 7.95. The van der Waals surface area contributed by atoms with Crippen LogP contribution >= 0.6 is 0 Å². The van der Waals surface area contributed by atoms with E-state index in [1.54, 1.807) is 13.4 Å². The molecule has 1 unspecified atom stereocenters. The van der Waals surface area contributed by atoms with E-state index in [1.807, 2.05) is 6.07 Å². The van der Waals surface area contributed by atoms with E-state index in [0.29, 0.717) is 11.9 Å². The van der Waals surface area contributed by atoms with Gasteiger partial charge < -0.3 is 10.1 Å². The average Bonchev–Trinajstić information content (AvgIpc) is 2.48. The van der Waals surface area contributed by atoms with Crippen LogP contribution in [0, 0.1) is 11.8 Å². The Hall–Kier alpha value is -1.16. The topological polar surface area (TPSA) is 47.0 Å². The summed E-state index contributed by atoms with van der Waals surface area (Å²) in [4.78, 5) is 8.47. The minimum absolute atomic E-state index is 0.520. The Morgan fingerprint density at radius 1 is 1.30 bits per heavy atom. The Bertz CT molecular complexity index is 402. The monoisotopic (exact) mass is 277 g/mol. The number of likely N-dealkylation sites (N-methyl/N-ethyl adjacent to an activating group) is 1. The van der Waals surface area contributed by atoms with Gasteiger partial charge in [0.1, 0.15) is 6.33 Å². The molecule has 20 heavy (non-hydrogen) atoms. The molecular weight excluding hydrogens is 250 g/mol. The highest BCUT2D eigenvalue weighted by molar-refractivity contribution is 5.14. The molecule has 0 bridgehead atoms. The van der Waals surface area contributed by atoms with E-state index in [4.69, 9.17) is 4.74 Å². The van der Waals surface area contributed by atoms with E-state index < -0.39 is 0 Å². The second-order valence-electron chi connectivity index (χ2n) is 5.94. The van der Waals surface area contributed by atoms with Gasteiger partial charge in [0.2, 0.25) is 5.88 Å². The molecule has 1 saturated carbocycles. The third-order valence-electron chi connectivity index (χ3n) is 4.43. The fourth-order valence-electron chi connectivity index (χ4n) is 3.18. The fraction of sp³-hybridized carbons (Fsp3) is 0.750. The predicted molar refractivity (Wildman–Crippen MR) is 80.9 cm³/mol. The Balaban J connectivity index is 2.00. The highest BCUT2D eigenvalue weighted by Gasteiger charge is 2.26. The van der Waals surface area contributed by atoms with Gasteiger partial charge in [-0.05, 0) is 31.2 Å². The molecule has 2 rings (SSSR count). The van der Waals surface area contributed by atoms with Gasteiger partial charge in [0, 0.05) is 24.2 Å². The number of hydrogen-bond donors (Lipinski definition) is 1. The molecule has 1 aromatic heterocycles. The van der Waals surface area contributed by atoms with Crippen molar-refractivity contribution in [3.63, 3.8) is 0 Å². The van der Waals surface area contributed by atoms with Gasteiger partial charge in [-0.2, -0.15) is 0 Å². The fourth-order valence-corrected chi connectivity index (χ4v) is 3.18. The zero-order valence-corrected chi connectivity index (χ0v) is 12.9. The molecule has 0 radical (unpaired) electrons. The molecule has 1 aliphatic carbocycles. The molecule has 1 aliphatic rings. The molecule has 0 aliphatic heterocycles. The van der Waals surface area contributed by atoms with Crippen LogP contribution in [0.3, 0.4) is 0 Å². The minimum atomic E-state index is 0.520. The van der Waals surface area contributed by atoms with E-state index in [1.165, 1.54) is 25.7 Å². The smallest absolute Gasteiger partial charge is 0.216 e. The maximum atomic E-state index is 5.18. The summed E-state index contributed by atoms with van der Waals surface area (Å²) in [5, 5.41) is 3.65. The standard InChI is InChI=1S/C16H27N3O/c1-4-17-15(13-7-5-12(2)6-8-13)9-14-10-16(20-3)19-11-18-14/h10-13,15,17H,4-9H2,1-3H3. The first-order chi connectivity index (χ1) is 9.72. The maximum Gasteiger partial charge on any atom is 0.216 e. The van der Waals surface area contributed by atoms with Crippen molar-refractivity contribution in [3.05, 3.63) is 18.1 Å². The predicted octanol–water partition coefficient (Wildman–Crippen LogP) is 2.83. The largest absolute Gasteiger partial charge is 0.481 e. The summed E-state index contributed by atoms with van der Waals surface area (Å²) >= 11 is 0. The summed E-state index contributed by atoms with van der Waals surface area (Å²) in [5.74, 6) is 2.32. The highest BCUT2D eigenvalue weighted by Crippen LogP contribution is 2.31. The number of nitrogens with zero attached hydrogens (tertiary/aromatic N) is 2. The molecule has 1 aromatic rings. The Kier molecular flexibility index (Phi) is 5.77. The third-order valence-corrected chi connectivity index (χ3v) is 4.43. The lowest BCUT2D eigenvalue weighted by Gasteiger charge is -2.33. The van der Waals surface area contributed by atoms with Crippen molar-refractivity contribution in [2.75, 3.05) is 13.7 Å². The van der Waals surface area contributed by atoms with Crippen molar-refractivity contribution >= 4 is 0 Å². The summed E-state index contributed by atoms with van der Waals surface area (Å²) in [7, 11) is 1.65. The highest BCUT2D eigenvalue weighted by atomic mass is 16.5. The molecule has 1 heterocycles. The van der Waals surface area contributed by atoms with Crippen LogP contribution in [0.25, 0.3) is 0 Å². The molecule has 1 fully saturated rings. The third kappa shape index (κ3) is 4.17. The second-order valence-corrected chi connectivity index (χ2v) is 5.94. The summed E-state index contributed by atoms with van der Waals surface area (Å²) in [6.45, 7) is 5.56. The molecule has 0 aromatic carbocycles. The number of nitrogens with one attached hydrogen (secondary N) is 1. The number of aromatic nitrogens is 2. The molecule has 4 nitrogen and oxygen atoms in total. The lowest BCUT2D eigenvalue weighted by molar-refractivity contribution is 0.229. The minimum Gasteiger partial charge on any atom is -0.481 e. The molecule has 0 saturated heterocycles. The molecule has 1 N–H and O–H groups in total. The maximum absolute atomic E-state index is 5.18. The number of ether oxygens (including phenoxy) is 1. The number of rotatable bonds is 6. The van der Waals surface area contributed by atoms with Crippen molar-refractivity contribution in [2.45, 2.75) is 52.0 Å². The van der Waals surface area contributed by atoms with Gasteiger partial charge in [0.25, 0.3) is 0 Å². The van der Waals surface area contributed by atoms with Crippen molar-refractivity contribution in [1.29, 1.82) is 0 Å². The van der Waals surface area contributed by atoms with Crippen LogP contribution in [0.5, 0.6) is 5.88 Å². The molecule has 0 amide bonds. The quantitative estimate of drug-likeness (QED) is 0.868. The lowest BCUT2D eigenvalue weighted by Crippen LogP contribution is -2.39. The van der Waals surface area contributed by atoms with Gasteiger partial charge in [-0.1, -0.05) is 26.7 Å². The van der Waals surface area contributed by atoms with E-state index in [0.717, 1.165) is 30.5 Å². The molecular formula is C16H27N3O. The van der Waals surface area contributed by atoms with Crippen LogP contribution in [-0.2, 0) is 6.42 Å². The van der Waals surface area contributed by atoms with Crippen LogP contribution in [0.15, 0.2) is 12.4 Å². The zero-order valence-electron chi connectivity index (χ0n) is 12.9. The van der Waals surface area contributed by atoms with Gasteiger partial charge in [-0.15, -0.1) is 0 Å². The Morgan fingerprint density at radius 2 is 2.05 bits per heavy atom. The average molecular weight is 277 g/mol. The van der Waals surface area contributed by atoms with E-state index in [2.05, 4.69) is 29.1 Å². The van der Waals surface area contributed by atoms with E-state index in [-0.39, 0.29) is 0 Å². The van der Waals surface area contributed by atoms with E-state index >= 15 is 0 Å². The van der Waals surface area contributed by atoms with Gasteiger partial charge in [0.05, 0.1) is 7.11 Å². The van der Waals surface area contributed by atoms with E-state index in [9.17, 15) is 0 Å². The van der Waals surface area contributed by atoms with Gasteiger partial charge >= 0.3 is 0 Å². The zero-order chi connectivity index (χ0) is 14.4. The first-order valence-corrected chi connectivity index (χ1v) is 7.81. The number of hydrogen-bond acceptors (Lipinski definition) is 4. The SMILES string of the molecule is CCNC(Cc1cc(OC)ncn1)C1CCC(C)CC1. The lowest BCUT2D eigenvalue weighted by atomic mass is 9.78. The first-order valence-electron chi connectivity index (χ1n) is 7.81. The van der Waals surface area contributed by atoms with Crippen LogP contribution in [0.1, 0.15) is 45.2 Å². The van der Waals surface area contributed by atoms with Crippen LogP contribution < -0.4 is 10.1 Å². The Labute approximate surface area is 122 Å². The van der Waals surface area contributed by atoms with Gasteiger partial charge in [0.15, 0.2) is 0 Å². The van der Waals surface area contributed by atoms with Crippen molar-refractivity contribution in [3.8, 4) is 5.88 Å². The van der Waals surface area contributed by atoms with Crippen molar-refractivity contribution in [1.82, 2.24) is 15.3 Å². The summed E-state index contributed by atoms with van der Waals surface area (Å²) in [6, 6.07) is 2.47. The van der Waals surface area contributed by atoms with Crippen molar-refractivity contribution in [2.24, 2.45) is 11.8 Å².